The zero-order chi connectivity index (χ0) is 18.7. The van der Waals surface area contributed by atoms with Crippen molar-refractivity contribution >= 4 is 11.4 Å². The van der Waals surface area contributed by atoms with Gasteiger partial charge in [-0.15, -0.1) is 0 Å². The maximum atomic E-state index is 10.7. The molecule has 0 aliphatic rings. The summed E-state index contributed by atoms with van der Waals surface area (Å²) in [5, 5.41) is 30.5. The van der Waals surface area contributed by atoms with E-state index in [2.05, 4.69) is 6.92 Å². The molecule has 7 heteroatoms. The average Bonchev–Trinajstić information content (AvgIpc) is 2.62. The van der Waals surface area contributed by atoms with Gasteiger partial charge in [0.25, 0.3) is 5.69 Å². The van der Waals surface area contributed by atoms with E-state index in [0.717, 1.165) is 32.1 Å². The number of benzene rings is 1. The molecule has 0 heterocycles. The average molecular weight is 348 g/mol. The normalized spacial score (nSPS) is 13.0. The summed E-state index contributed by atoms with van der Waals surface area (Å²) in [6, 6.07) is 7.31. The van der Waals surface area contributed by atoms with Crippen molar-refractivity contribution in [2.75, 3.05) is 7.11 Å². The van der Waals surface area contributed by atoms with Crippen molar-refractivity contribution in [3.05, 3.63) is 45.5 Å². The van der Waals surface area contributed by atoms with E-state index in [1.807, 2.05) is 6.07 Å². The van der Waals surface area contributed by atoms with Crippen LogP contribution in [0.1, 0.15) is 51.0 Å². The fourth-order valence-electron chi connectivity index (χ4n) is 2.46. The first kappa shape index (κ1) is 20.6. The Hall–Kier alpha value is -2.43. The van der Waals surface area contributed by atoms with Crippen LogP contribution in [0.3, 0.4) is 0 Å². The van der Waals surface area contributed by atoms with E-state index in [4.69, 9.17) is 9.78 Å². The fourth-order valence-corrected chi connectivity index (χ4v) is 2.46. The number of non-ortho nitro benzene ring substituents is 1. The van der Waals surface area contributed by atoms with Gasteiger partial charge in [0.2, 0.25) is 0 Å². The van der Waals surface area contributed by atoms with Gasteiger partial charge >= 0.3 is 0 Å². The van der Waals surface area contributed by atoms with Gasteiger partial charge in [-0.25, -0.2) is 9.78 Å². The predicted octanol–water partition coefficient (Wildman–Crippen LogP) is 4.69. The number of nitriles is 1. The summed E-state index contributed by atoms with van der Waals surface area (Å²) in [5.74, 6) is -0.256. The minimum atomic E-state index is -0.688. The Morgan fingerprint density at radius 1 is 1.28 bits per heavy atom. The van der Waals surface area contributed by atoms with E-state index in [9.17, 15) is 20.5 Å². The van der Waals surface area contributed by atoms with Crippen LogP contribution in [0.4, 0.5) is 5.69 Å². The van der Waals surface area contributed by atoms with Crippen LogP contribution in [-0.4, -0.2) is 23.2 Å². The van der Waals surface area contributed by atoms with Crippen LogP contribution in [0.5, 0.6) is 0 Å². The number of aliphatic hydroxyl groups is 1. The molecule has 0 aromatic heterocycles. The summed E-state index contributed by atoms with van der Waals surface area (Å²) in [6.07, 6.45) is 5.11. The minimum absolute atomic E-state index is 0.0474. The van der Waals surface area contributed by atoms with Gasteiger partial charge in [-0.3, -0.25) is 10.1 Å². The number of nitro benzene ring substituents is 1. The Labute approximate surface area is 147 Å². The molecule has 136 valence electrons. The first-order valence-electron chi connectivity index (χ1n) is 8.32. The highest BCUT2D eigenvalue weighted by molar-refractivity contribution is 5.67. The lowest BCUT2D eigenvalue weighted by Crippen LogP contribution is -2.16. The molecule has 0 aliphatic heterocycles. The van der Waals surface area contributed by atoms with E-state index in [1.54, 1.807) is 0 Å². The molecule has 1 rings (SSSR count). The Morgan fingerprint density at radius 2 is 1.92 bits per heavy atom. The van der Waals surface area contributed by atoms with E-state index >= 15 is 0 Å². The molecule has 0 saturated carbocycles. The highest BCUT2D eigenvalue weighted by Gasteiger charge is 2.21. The van der Waals surface area contributed by atoms with Crippen LogP contribution >= 0.6 is 0 Å². The summed E-state index contributed by atoms with van der Waals surface area (Å²) in [5.41, 5.74) is 0.278. The summed E-state index contributed by atoms with van der Waals surface area (Å²) in [7, 11) is 1.35. The molecule has 0 amide bonds. The van der Waals surface area contributed by atoms with Gasteiger partial charge in [-0.2, -0.15) is 5.26 Å². The predicted molar refractivity (Wildman–Crippen MR) is 93.5 cm³/mol. The molecule has 0 fully saturated rings. The second-order valence-corrected chi connectivity index (χ2v) is 5.63. The number of aliphatic hydroxyl groups excluding tert-OH is 1. The van der Waals surface area contributed by atoms with E-state index in [-0.39, 0.29) is 17.0 Å². The zero-order valence-electron chi connectivity index (χ0n) is 14.6. The van der Waals surface area contributed by atoms with E-state index < -0.39 is 11.0 Å². The van der Waals surface area contributed by atoms with Gasteiger partial charge in [0, 0.05) is 17.7 Å². The van der Waals surface area contributed by atoms with Gasteiger partial charge in [-0.1, -0.05) is 39.0 Å². The standard InChI is InChI=1S/C18H24N2O5/c1-3-4-5-6-7-8-17(25-24-2)16(13-19)18(21)14-9-11-15(12-10-14)20(22)23/h9-12,17,21H,3-8H2,1-2H3/b18-16-. The van der Waals surface area contributed by atoms with Crippen molar-refractivity contribution in [3.8, 4) is 6.07 Å². The third-order valence-corrected chi connectivity index (χ3v) is 3.83. The van der Waals surface area contributed by atoms with Gasteiger partial charge in [0.15, 0.2) is 0 Å². The number of nitro groups is 1. The topological polar surface area (TPSA) is 106 Å². The van der Waals surface area contributed by atoms with E-state index in [0.29, 0.717) is 12.0 Å². The zero-order valence-corrected chi connectivity index (χ0v) is 14.6. The van der Waals surface area contributed by atoms with Crippen LogP contribution in [-0.2, 0) is 9.78 Å². The van der Waals surface area contributed by atoms with Crippen molar-refractivity contribution in [1.29, 1.82) is 5.26 Å². The Bertz CT molecular complexity index is 619. The third kappa shape index (κ3) is 6.53. The molecule has 0 bridgehead atoms. The van der Waals surface area contributed by atoms with Crippen molar-refractivity contribution in [2.24, 2.45) is 0 Å². The SMILES string of the molecule is CCCCCCCC(OOC)/C(C#N)=C(\O)c1ccc([N+](=O)[O-])cc1. The van der Waals surface area contributed by atoms with Crippen LogP contribution in [0.2, 0.25) is 0 Å². The Morgan fingerprint density at radius 3 is 2.44 bits per heavy atom. The maximum Gasteiger partial charge on any atom is 0.269 e. The molecule has 0 saturated heterocycles. The third-order valence-electron chi connectivity index (χ3n) is 3.83. The molecule has 0 radical (unpaired) electrons. The number of unbranched alkanes of at least 4 members (excludes halogenated alkanes) is 4. The summed E-state index contributed by atoms with van der Waals surface area (Å²) in [6.45, 7) is 2.13. The number of hydrogen-bond donors (Lipinski definition) is 1. The van der Waals surface area contributed by atoms with Crippen molar-refractivity contribution in [1.82, 2.24) is 0 Å². The Balaban J connectivity index is 2.93. The quantitative estimate of drug-likeness (QED) is 0.155. The highest BCUT2D eigenvalue weighted by Crippen LogP contribution is 2.25. The van der Waals surface area contributed by atoms with Gasteiger partial charge in [0.05, 0.1) is 12.0 Å². The highest BCUT2D eigenvalue weighted by atomic mass is 17.2. The molecule has 1 N–H and O–H groups in total. The van der Waals surface area contributed by atoms with Crippen LogP contribution in [0, 0.1) is 21.4 Å². The molecule has 0 spiro atoms. The molecule has 1 atom stereocenters. The van der Waals surface area contributed by atoms with Crippen LogP contribution in [0.15, 0.2) is 29.8 Å². The molecular weight excluding hydrogens is 324 g/mol. The monoisotopic (exact) mass is 348 g/mol. The smallest absolute Gasteiger partial charge is 0.269 e. The molecule has 1 aromatic rings. The lowest BCUT2D eigenvalue weighted by Gasteiger charge is -2.16. The molecule has 1 aromatic carbocycles. The first-order valence-corrected chi connectivity index (χ1v) is 8.32. The number of nitrogens with zero attached hydrogens (tertiary/aromatic N) is 2. The molecular formula is C18H24N2O5. The minimum Gasteiger partial charge on any atom is -0.506 e. The van der Waals surface area contributed by atoms with Crippen LogP contribution < -0.4 is 0 Å². The lowest BCUT2D eigenvalue weighted by atomic mass is 9.99. The summed E-state index contributed by atoms with van der Waals surface area (Å²) < 4.78 is 0. The summed E-state index contributed by atoms with van der Waals surface area (Å²) >= 11 is 0. The van der Waals surface area contributed by atoms with Crippen molar-refractivity contribution in [3.63, 3.8) is 0 Å². The molecule has 0 aliphatic carbocycles. The molecule has 1 unspecified atom stereocenters. The molecule has 25 heavy (non-hydrogen) atoms. The fraction of sp³-hybridized carbons (Fsp3) is 0.500. The van der Waals surface area contributed by atoms with Gasteiger partial charge < -0.3 is 5.11 Å². The molecule has 7 nitrogen and oxygen atoms in total. The number of hydrogen-bond acceptors (Lipinski definition) is 6. The van der Waals surface area contributed by atoms with Crippen LogP contribution in [0.25, 0.3) is 5.76 Å². The Kier molecular flexibility index (Phi) is 9.22. The maximum absolute atomic E-state index is 10.7. The second kappa shape index (κ2) is 11.2. The van der Waals surface area contributed by atoms with Gasteiger partial charge in [0.1, 0.15) is 23.5 Å². The number of rotatable bonds is 11. The summed E-state index contributed by atoms with van der Waals surface area (Å²) in [4.78, 5) is 20.0. The van der Waals surface area contributed by atoms with Crippen molar-refractivity contribution in [2.45, 2.75) is 51.6 Å². The van der Waals surface area contributed by atoms with E-state index in [1.165, 1.54) is 31.4 Å². The largest absolute Gasteiger partial charge is 0.506 e. The lowest BCUT2D eigenvalue weighted by molar-refractivity contribution is -0.384. The second-order valence-electron chi connectivity index (χ2n) is 5.63. The van der Waals surface area contributed by atoms with Crippen molar-refractivity contribution < 1.29 is 19.8 Å². The first-order chi connectivity index (χ1) is 12.0. The van der Waals surface area contributed by atoms with Gasteiger partial charge in [-0.05, 0) is 18.6 Å².